The zero-order chi connectivity index (χ0) is 10.2. The average Bonchev–Trinajstić information content (AvgIpc) is 2.24. The summed E-state index contributed by atoms with van der Waals surface area (Å²) in [6.45, 7) is 3.29. The van der Waals surface area contributed by atoms with Crippen molar-refractivity contribution >= 4 is 5.82 Å². The summed E-state index contributed by atoms with van der Waals surface area (Å²) in [6.07, 6.45) is 1.06. The Morgan fingerprint density at radius 1 is 1.50 bits per heavy atom. The first-order valence-corrected chi connectivity index (χ1v) is 4.81. The minimum atomic E-state index is 0.00823. The highest BCUT2D eigenvalue weighted by molar-refractivity contribution is 5.36. The smallest absolute Gasteiger partial charge is 0.215 e. The quantitative estimate of drug-likeness (QED) is 0.719. The van der Waals surface area contributed by atoms with Gasteiger partial charge in [-0.3, -0.25) is 0 Å². The SMILES string of the molecule is CCCNc1cccc(OCCO)n1. The van der Waals surface area contributed by atoms with E-state index in [2.05, 4.69) is 17.2 Å². The van der Waals surface area contributed by atoms with Crippen LogP contribution in [0.4, 0.5) is 5.82 Å². The van der Waals surface area contributed by atoms with E-state index in [0.717, 1.165) is 18.8 Å². The van der Waals surface area contributed by atoms with E-state index in [-0.39, 0.29) is 13.2 Å². The highest BCUT2D eigenvalue weighted by Crippen LogP contribution is 2.10. The third kappa shape index (κ3) is 3.62. The van der Waals surface area contributed by atoms with Crippen molar-refractivity contribution in [3.8, 4) is 5.88 Å². The summed E-state index contributed by atoms with van der Waals surface area (Å²) in [5.74, 6) is 1.35. The van der Waals surface area contributed by atoms with Crippen molar-refractivity contribution in [3.05, 3.63) is 18.2 Å². The molecule has 0 spiro atoms. The zero-order valence-electron chi connectivity index (χ0n) is 8.36. The van der Waals surface area contributed by atoms with E-state index < -0.39 is 0 Å². The van der Waals surface area contributed by atoms with Gasteiger partial charge >= 0.3 is 0 Å². The van der Waals surface area contributed by atoms with Gasteiger partial charge in [0, 0.05) is 12.6 Å². The summed E-state index contributed by atoms with van der Waals surface area (Å²) in [4.78, 5) is 4.20. The van der Waals surface area contributed by atoms with E-state index in [1.54, 1.807) is 6.07 Å². The lowest BCUT2D eigenvalue weighted by molar-refractivity contribution is 0.197. The summed E-state index contributed by atoms with van der Waals surface area (Å²) < 4.78 is 5.17. The van der Waals surface area contributed by atoms with Gasteiger partial charge < -0.3 is 15.2 Å². The van der Waals surface area contributed by atoms with Crippen LogP contribution in [0.3, 0.4) is 0 Å². The molecule has 0 aliphatic rings. The van der Waals surface area contributed by atoms with E-state index >= 15 is 0 Å². The number of aliphatic hydroxyl groups excluding tert-OH is 1. The molecule has 0 bridgehead atoms. The van der Waals surface area contributed by atoms with Crippen LogP contribution in [0.15, 0.2) is 18.2 Å². The molecule has 1 heterocycles. The molecule has 1 aromatic rings. The maximum atomic E-state index is 8.57. The Morgan fingerprint density at radius 3 is 3.07 bits per heavy atom. The van der Waals surface area contributed by atoms with Crippen LogP contribution in [0.5, 0.6) is 5.88 Å². The first-order chi connectivity index (χ1) is 6.86. The van der Waals surface area contributed by atoms with Crippen LogP contribution < -0.4 is 10.1 Å². The van der Waals surface area contributed by atoms with Crippen molar-refractivity contribution in [1.29, 1.82) is 0 Å². The first kappa shape index (κ1) is 10.8. The summed E-state index contributed by atoms with van der Waals surface area (Å²) >= 11 is 0. The molecule has 0 fully saturated rings. The molecule has 0 aliphatic heterocycles. The second-order valence-electron chi connectivity index (χ2n) is 2.86. The van der Waals surface area contributed by atoms with Crippen LogP contribution in [0.25, 0.3) is 0 Å². The van der Waals surface area contributed by atoms with Crippen molar-refractivity contribution < 1.29 is 9.84 Å². The number of hydrogen-bond acceptors (Lipinski definition) is 4. The van der Waals surface area contributed by atoms with E-state index in [4.69, 9.17) is 9.84 Å². The molecule has 0 radical (unpaired) electrons. The molecule has 1 aromatic heterocycles. The molecule has 0 unspecified atom stereocenters. The molecule has 0 aliphatic carbocycles. The Balaban J connectivity index is 2.50. The van der Waals surface area contributed by atoms with Crippen molar-refractivity contribution in [2.24, 2.45) is 0 Å². The number of pyridine rings is 1. The molecule has 0 atom stereocenters. The fourth-order valence-electron chi connectivity index (χ4n) is 0.997. The predicted octanol–water partition coefficient (Wildman–Crippen LogP) is 1.27. The highest BCUT2D eigenvalue weighted by atomic mass is 16.5. The number of ether oxygens (including phenoxy) is 1. The highest BCUT2D eigenvalue weighted by Gasteiger charge is 1.96. The normalized spacial score (nSPS) is 9.86. The van der Waals surface area contributed by atoms with E-state index in [9.17, 15) is 0 Å². The Bertz CT molecular complexity index is 243. The Labute approximate surface area is 83.9 Å². The van der Waals surface area contributed by atoms with Crippen LogP contribution in [-0.2, 0) is 0 Å². The number of hydrogen-bond donors (Lipinski definition) is 2. The molecule has 4 heteroatoms. The van der Waals surface area contributed by atoms with Gasteiger partial charge in [0.1, 0.15) is 12.4 Å². The van der Waals surface area contributed by atoms with Gasteiger partial charge in [-0.05, 0) is 12.5 Å². The molecule has 0 saturated heterocycles. The summed E-state index contributed by atoms with van der Waals surface area (Å²) in [7, 11) is 0. The number of aliphatic hydroxyl groups is 1. The van der Waals surface area contributed by atoms with Crippen LogP contribution in [0.1, 0.15) is 13.3 Å². The lowest BCUT2D eigenvalue weighted by atomic mass is 10.4. The van der Waals surface area contributed by atoms with E-state index in [0.29, 0.717) is 5.88 Å². The summed E-state index contributed by atoms with van der Waals surface area (Å²) in [5.41, 5.74) is 0. The van der Waals surface area contributed by atoms with Gasteiger partial charge in [0.15, 0.2) is 0 Å². The summed E-state index contributed by atoms with van der Waals surface area (Å²) in [6, 6.07) is 5.53. The standard InChI is InChI=1S/C10H16N2O2/c1-2-6-11-9-4-3-5-10(12-9)14-8-7-13/h3-5,13H,2,6-8H2,1H3,(H,11,12). The maximum absolute atomic E-state index is 8.57. The largest absolute Gasteiger partial charge is 0.475 e. The van der Waals surface area contributed by atoms with Crippen molar-refractivity contribution in [2.75, 3.05) is 25.1 Å². The van der Waals surface area contributed by atoms with E-state index in [1.807, 2.05) is 12.1 Å². The fourth-order valence-corrected chi connectivity index (χ4v) is 0.997. The fraction of sp³-hybridized carbons (Fsp3) is 0.500. The van der Waals surface area contributed by atoms with Gasteiger partial charge in [0.05, 0.1) is 6.61 Å². The number of nitrogens with one attached hydrogen (secondary N) is 1. The predicted molar refractivity (Wildman–Crippen MR) is 55.6 cm³/mol. The second kappa shape index (κ2) is 6.21. The Hall–Kier alpha value is -1.29. The monoisotopic (exact) mass is 196 g/mol. The average molecular weight is 196 g/mol. The number of anilines is 1. The molecular weight excluding hydrogens is 180 g/mol. The molecule has 0 amide bonds. The number of aromatic nitrogens is 1. The summed E-state index contributed by atoms with van der Waals surface area (Å²) in [5, 5.41) is 11.7. The Morgan fingerprint density at radius 2 is 2.36 bits per heavy atom. The van der Waals surface area contributed by atoms with Crippen LogP contribution in [-0.4, -0.2) is 29.8 Å². The molecule has 1 rings (SSSR count). The molecule has 2 N–H and O–H groups in total. The van der Waals surface area contributed by atoms with Crippen molar-refractivity contribution in [2.45, 2.75) is 13.3 Å². The van der Waals surface area contributed by atoms with Gasteiger partial charge in [0.2, 0.25) is 5.88 Å². The number of nitrogens with zero attached hydrogens (tertiary/aromatic N) is 1. The molecular formula is C10H16N2O2. The van der Waals surface area contributed by atoms with Gasteiger partial charge in [-0.15, -0.1) is 0 Å². The third-order valence-electron chi connectivity index (χ3n) is 1.62. The lowest BCUT2D eigenvalue weighted by Gasteiger charge is -2.06. The minimum absolute atomic E-state index is 0.00823. The van der Waals surface area contributed by atoms with Crippen LogP contribution in [0, 0.1) is 0 Å². The lowest BCUT2D eigenvalue weighted by Crippen LogP contribution is -2.05. The minimum Gasteiger partial charge on any atom is -0.475 e. The molecule has 0 aromatic carbocycles. The molecule has 0 saturated carbocycles. The molecule has 78 valence electrons. The van der Waals surface area contributed by atoms with Gasteiger partial charge in [-0.2, -0.15) is 4.98 Å². The Kier molecular flexibility index (Phi) is 4.78. The molecule has 14 heavy (non-hydrogen) atoms. The van der Waals surface area contributed by atoms with Gasteiger partial charge in [-0.25, -0.2) is 0 Å². The van der Waals surface area contributed by atoms with Crippen LogP contribution >= 0.6 is 0 Å². The second-order valence-corrected chi connectivity index (χ2v) is 2.86. The third-order valence-corrected chi connectivity index (χ3v) is 1.62. The van der Waals surface area contributed by atoms with Crippen molar-refractivity contribution in [3.63, 3.8) is 0 Å². The van der Waals surface area contributed by atoms with Crippen molar-refractivity contribution in [1.82, 2.24) is 4.98 Å². The first-order valence-electron chi connectivity index (χ1n) is 4.81. The number of rotatable bonds is 6. The van der Waals surface area contributed by atoms with Gasteiger partial charge in [0.25, 0.3) is 0 Å². The zero-order valence-corrected chi connectivity index (χ0v) is 8.36. The van der Waals surface area contributed by atoms with Gasteiger partial charge in [-0.1, -0.05) is 13.0 Å². The van der Waals surface area contributed by atoms with E-state index in [1.165, 1.54) is 0 Å². The maximum Gasteiger partial charge on any atom is 0.215 e. The molecule has 4 nitrogen and oxygen atoms in total. The topological polar surface area (TPSA) is 54.4 Å². The van der Waals surface area contributed by atoms with Crippen LogP contribution in [0.2, 0.25) is 0 Å².